The number of halogens is 1. The average Bonchev–Trinajstić information content (AvgIpc) is 2.72. The van der Waals surface area contributed by atoms with E-state index in [-0.39, 0.29) is 6.10 Å². The highest BCUT2D eigenvalue weighted by molar-refractivity contribution is 9.08. The van der Waals surface area contributed by atoms with Gasteiger partial charge in [-0.05, 0) is 19.8 Å². The summed E-state index contributed by atoms with van der Waals surface area (Å²) in [6.07, 6.45) is 2.65. The molecule has 14 heavy (non-hydrogen) atoms. The quantitative estimate of drug-likeness (QED) is 0.763. The maximum atomic E-state index is 5.75. The summed E-state index contributed by atoms with van der Waals surface area (Å²) in [6, 6.07) is 0. The highest BCUT2D eigenvalue weighted by atomic mass is 79.9. The van der Waals surface area contributed by atoms with Crippen molar-refractivity contribution in [2.45, 2.75) is 37.3 Å². The summed E-state index contributed by atoms with van der Waals surface area (Å²) in [5, 5.41) is 8.99. The van der Waals surface area contributed by atoms with Crippen LogP contribution in [-0.4, -0.2) is 20.9 Å². The largest absolute Gasteiger partial charge is 0.367 e. The molecule has 0 spiro atoms. The van der Waals surface area contributed by atoms with Gasteiger partial charge in [0, 0.05) is 7.05 Å². The minimum atomic E-state index is 0.135. The van der Waals surface area contributed by atoms with Crippen molar-refractivity contribution >= 4 is 15.9 Å². The van der Waals surface area contributed by atoms with Crippen molar-refractivity contribution in [1.29, 1.82) is 0 Å². The van der Waals surface area contributed by atoms with Gasteiger partial charge in [-0.15, -0.1) is 10.2 Å². The van der Waals surface area contributed by atoms with E-state index in [1.807, 2.05) is 11.6 Å². The van der Waals surface area contributed by atoms with Gasteiger partial charge >= 0.3 is 0 Å². The van der Waals surface area contributed by atoms with Gasteiger partial charge in [0.25, 0.3) is 0 Å². The SMILES string of the molecule is CC1CCC(c2nnc(CBr)n2C)O1. The predicted octanol–water partition coefficient (Wildman–Crippen LogP) is 1.95. The molecule has 5 heteroatoms. The van der Waals surface area contributed by atoms with Gasteiger partial charge in [-0.25, -0.2) is 0 Å². The molecule has 1 fully saturated rings. The first-order valence-corrected chi connectivity index (χ1v) is 5.94. The topological polar surface area (TPSA) is 39.9 Å². The number of hydrogen-bond donors (Lipinski definition) is 0. The van der Waals surface area contributed by atoms with Crippen LogP contribution in [0.3, 0.4) is 0 Å². The van der Waals surface area contributed by atoms with Crippen LogP contribution in [0.1, 0.15) is 37.5 Å². The Kier molecular flexibility index (Phi) is 2.88. The molecule has 0 radical (unpaired) electrons. The van der Waals surface area contributed by atoms with Gasteiger partial charge in [0.2, 0.25) is 0 Å². The molecule has 0 N–H and O–H groups in total. The highest BCUT2D eigenvalue weighted by Crippen LogP contribution is 2.31. The van der Waals surface area contributed by atoms with Crippen LogP contribution in [0.5, 0.6) is 0 Å². The van der Waals surface area contributed by atoms with Crippen molar-refractivity contribution in [3.8, 4) is 0 Å². The van der Waals surface area contributed by atoms with Gasteiger partial charge in [0.05, 0.1) is 11.4 Å². The molecule has 0 saturated carbocycles. The Balaban J connectivity index is 2.20. The number of alkyl halides is 1. The molecule has 1 aromatic rings. The van der Waals surface area contributed by atoms with Crippen molar-refractivity contribution in [2.24, 2.45) is 7.05 Å². The Morgan fingerprint density at radius 2 is 2.29 bits per heavy atom. The van der Waals surface area contributed by atoms with E-state index in [9.17, 15) is 0 Å². The molecule has 2 heterocycles. The van der Waals surface area contributed by atoms with Gasteiger partial charge in [0.15, 0.2) is 5.82 Å². The molecular weight excluding hydrogens is 246 g/mol. The van der Waals surface area contributed by atoms with Crippen LogP contribution in [0.4, 0.5) is 0 Å². The average molecular weight is 260 g/mol. The lowest BCUT2D eigenvalue weighted by Crippen LogP contribution is -2.08. The van der Waals surface area contributed by atoms with Crippen LogP contribution in [0, 0.1) is 0 Å². The number of rotatable bonds is 2. The second-order valence-corrected chi connectivity index (χ2v) is 4.24. The molecule has 78 valence electrons. The first-order chi connectivity index (χ1) is 6.72. The zero-order valence-corrected chi connectivity index (χ0v) is 9.99. The zero-order chi connectivity index (χ0) is 10.1. The van der Waals surface area contributed by atoms with Crippen LogP contribution >= 0.6 is 15.9 Å². The van der Waals surface area contributed by atoms with Crippen molar-refractivity contribution in [3.63, 3.8) is 0 Å². The molecule has 1 saturated heterocycles. The number of hydrogen-bond acceptors (Lipinski definition) is 3. The molecule has 4 nitrogen and oxygen atoms in total. The van der Waals surface area contributed by atoms with Crippen LogP contribution in [0.15, 0.2) is 0 Å². The molecular formula is C9H14BrN3O. The Hall–Kier alpha value is -0.420. The van der Waals surface area contributed by atoms with Gasteiger partial charge < -0.3 is 9.30 Å². The monoisotopic (exact) mass is 259 g/mol. The van der Waals surface area contributed by atoms with E-state index in [1.165, 1.54) is 0 Å². The summed E-state index contributed by atoms with van der Waals surface area (Å²) in [4.78, 5) is 0. The first kappa shape index (κ1) is 10.1. The molecule has 2 atom stereocenters. The Bertz CT molecular complexity index is 326. The third-order valence-electron chi connectivity index (χ3n) is 2.64. The summed E-state index contributed by atoms with van der Waals surface area (Å²) in [6.45, 7) is 2.10. The smallest absolute Gasteiger partial charge is 0.162 e. The fraction of sp³-hybridized carbons (Fsp3) is 0.778. The molecule has 2 unspecified atom stereocenters. The maximum absolute atomic E-state index is 5.75. The third-order valence-corrected chi connectivity index (χ3v) is 3.14. The molecule has 0 aromatic carbocycles. The van der Waals surface area contributed by atoms with E-state index in [0.29, 0.717) is 6.10 Å². The Morgan fingerprint density at radius 1 is 1.50 bits per heavy atom. The second-order valence-electron chi connectivity index (χ2n) is 3.68. The minimum absolute atomic E-state index is 0.135. The van der Waals surface area contributed by atoms with Gasteiger partial charge in [-0.1, -0.05) is 15.9 Å². The lowest BCUT2D eigenvalue weighted by Gasteiger charge is -2.10. The Morgan fingerprint density at radius 3 is 2.79 bits per heavy atom. The summed E-state index contributed by atoms with van der Waals surface area (Å²) in [5.74, 6) is 1.90. The molecule has 0 amide bonds. The summed E-state index contributed by atoms with van der Waals surface area (Å²) >= 11 is 3.38. The summed E-state index contributed by atoms with van der Waals surface area (Å²) < 4.78 is 7.76. The molecule has 0 aliphatic carbocycles. The fourth-order valence-corrected chi connectivity index (χ4v) is 2.25. The van der Waals surface area contributed by atoms with Crippen molar-refractivity contribution in [1.82, 2.24) is 14.8 Å². The van der Waals surface area contributed by atoms with Crippen molar-refractivity contribution in [2.75, 3.05) is 0 Å². The van der Waals surface area contributed by atoms with Crippen LogP contribution in [-0.2, 0) is 17.1 Å². The van der Waals surface area contributed by atoms with E-state index >= 15 is 0 Å². The normalized spacial score (nSPS) is 27.1. The minimum Gasteiger partial charge on any atom is -0.367 e. The third kappa shape index (κ3) is 1.70. The van der Waals surface area contributed by atoms with E-state index in [2.05, 4.69) is 33.1 Å². The molecule has 1 aromatic heterocycles. The van der Waals surface area contributed by atoms with Crippen molar-refractivity contribution < 1.29 is 4.74 Å². The first-order valence-electron chi connectivity index (χ1n) is 4.82. The van der Waals surface area contributed by atoms with Crippen molar-refractivity contribution in [3.05, 3.63) is 11.6 Å². The van der Waals surface area contributed by atoms with Gasteiger partial charge in [-0.2, -0.15) is 0 Å². The van der Waals surface area contributed by atoms with E-state index in [0.717, 1.165) is 29.8 Å². The molecule has 2 rings (SSSR count). The highest BCUT2D eigenvalue weighted by Gasteiger charge is 2.27. The zero-order valence-electron chi connectivity index (χ0n) is 8.40. The van der Waals surface area contributed by atoms with Crippen LogP contribution in [0.25, 0.3) is 0 Å². The lowest BCUT2D eigenvalue weighted by atomic mass is 10.2. The second kappa shape index (κ2) is 3.98. The number of nitrogens with zero attached hydrogens (tertiary/aromatic N) is 3. The number of ether oxygens (including phenoxy) is 1. The summed E-state index contributed by atoms with van der Waals surface area (Å²) in [5.41, 5.74) is 0. The number of aromatic nitrogens is 3. The Labute approximate surface area is 91.8 Å². The predicted molar refractivity (Wildman–Crippen MR) is 56.2 cm³/mol. The molecule has 1 aliphatic rings. The van der Waals surface area contributed by atoms with E-state index in [1.54, 1.807) is 0 Å². The van der Waals surface area contributed by atoms with Crippen LogP contribution in [0.2, 0.25) is 0 Å². The van der Waals surface area contributed by atoms with Gasteiger partial charge in [0.1, 0.15) is 11.9 Å². The maximum Gasteiger partial charge on any atom is 0.162 e. The summed E-state index contributed by atoms with van der Waals surface area (Å²) in [7, 11) is 1.98. The fourth-order valence-electron chi connectivity index (χ4n) is 1.76. The van der Waals surface area contributed by atoms with Crippen LogP contribution < -0.4 is 0 Å². The molecule has 0 bridgehead atoms. The van der Waals surface area contributed by atoms with E-state index in [4.69, 9.17) is 4.74 Å². The molecule has 1 aliphatic heterocycles. The lowest BCUT2D eigenvalue weighted by molar-refractivity contribution is 0.0484. The standard InChI is InChI=1S/C9H14BrN3O/c1-6-3-4-7(14-6)9-12-11-8(5-10)13(9)2/h6-7H,3-5H2,1-2H3. The van der Waals surface area contributed by atoms with E-state index < -0.39 is 0 Å². The van der Waals surface area contributed by atoms with Gasteiger partial charge in [-0.3, -0.25) is 0 Å².